The van der Waals surface area contributed by atoms with Gasteiger partial charge in [-0.15, -0.1) is 0 Å². The molecule has 0 nitrogen and oxygen atoms in total. The van der Waals surface area contributed by atoms with Crippen molar-refractivity contribution in [1.29, 1.82) is 0 Å². The SMILES string of the molecule is CC1CCCC1CC(C)C1C2CC=CCC2C(C2CCC(C3CCCCC3)CC2)C2CC(S)CCC21. The predicted molar refractivity (Wildman–Crippen MR) is 158 cm³/mol. The van der Waals surface area contributed by atoms with Crippen molar-refractivity contribution in [3.8, 4) is 0 Å². The van der Waals surface area contributed by atoms with E-state index in [1.54, 1.807) is 38.5 Å². The Hall–Kier alpha value is 0.0900. The Morgan fingerprint density at radius 3 is 2.08 bits per heavy atom. The number of fused-ring (bicyclic) bond motifs is 2. The van der Waals surface area contributed by atoms with Gasteiger partial charge in [0.15, 0.2) is 0 Å². The van der Waals surface area contributed by atoms with Gasteiger partial charge in [-0.3, -0.25) is 0 Å². The fraction of sp³-hybridized carbons (Fsp3) is 0.943. The van der Waals surface area contributed by atoms with Crippen LogP contribution in [0.15, 0.2) is 12.2 Å². The fourth-order valence-corrected chi connectivity index (χ4v) is 12.3. The monoisotopic (exact) mass is 510 g/mol. The van der Waals surface area contributed by atoms with Gasteiger partial charge >= 0.3 is 0 Å². The van der Waals surface area contributed by atoms with Crippen LogP contribution in [0.4, 0.5) is 0 Å². The first-order valence-electron chi connectivity index (χ1n) is 16.9. The molecule has 204 valence electrons. The third kappa shape index (κ3) is 5.28. The Morgan fingerprint density at radius 2 is 1.36 bits per heavy atom. The molecule has 0 heterocycles. The third-order valence-corrected chi connectivity index (χ3v) is 14.0. The van der Waals surface area contributed by atoms with E-state index >= 15 is 0 Å². The highest BCUT2D eigenvalue weighted by Gasteiger charge is 2.54. The summed E-state index contributed by atoms with van der Waals surface area (Å²) in [5.74, 6) is 12.1. The zero-order valence-corrected chi connectivity index (χ0v) is 24.7. The van der Waals surface area contributed by atoms with Crippen molar-refractivity contribution >= 4 is 12.6 Å². The molecule has 0 amide bonds. The van der Waals surface area contributed by atoms with Gasteiger partial charge in [0, 0.05) is 5.25 Å². The molecule has 5 saturated carbocycles. The van der Waals surface area contributed by atoms with Crippen molar-refractivity contribution in [2.45, 2.75) is 135 Å². The Balaban J connectivity index is 1.21. The average Bonchev–Trinajstić information content (AvgIpc) is 3.31. The summed E-state index contributed by atoms with van der Waals surface area (Å²) in [6.45, 7) is 5.27. The minimum absolute atomic E-state index is 0.675. The van der Waals surface area contributed by atoms with Gasteiger partial charge in [-0.1, -0.05) is 77.4 Å². The number of hydrogen-bond acceptors (Lipinski definition) is 1. The molecule has 36 heavy (non-hydrogen) atoms. The van der Waals surface area contributed by atoms with Crippen LogP contribution in [-0.4, -0.2) is 5.25 Å². The summed E-state index contributed by atoms with van der Waals surface area (Å²) in [4.78, 5) is 0. The van der Waals surface area contributed by atoms with Crippen LogP contribution in [-0.2, 0) is 0 Å². The molecule has 0 radical (unpaired) electrons. The quantitative estimate of drug-likeness (QED) is 0.276. The summed E-state index contributed by atoms with van der Waals surface area (Å²) >= 11 is 5.16. The van der Waals surface area contributed by atoms with Crippen LogP contribution in [0.3, 0.4) is 0 Å². The summed E-state index contributed by atoms with van der Waals surface area (Å²) in [7, 11) is 0. The summed E-state index contributed by atoms with van der Waals surface area (Å²) < 4.78 is 0. The summed E-state index contributed by atoms with van der Waals surface area (Å²) in [5, 5.41) is 0.675. The second-order valence-electron chi connectivity index (χ2n) is 15.2. The highest BCUT2D eigenvalue weighted by molar-refractivity contribution is 7.80. The van der Waals surface area contributed by atoms with Gasteiger partial charge in [-0.25, -0.2) is 0 Å². The molecule has 0 saturated heterocycles. The van der Waals surface area contributed by atoms with Crippen molar-refractivity contribution < 1.29 is 0 Å². The van der Waals surface area contributed by atoms with Gasteiger partial charge in [-0.05, 0) is 135 Å². The van der Waals surface area contributed by atoms with Crippen LogP contribution in [0.25, 0.3) is 0 Å². The minimum Gasteiger partial charge on any atom is -0.176 e. The van der Waals surface area contributed by atoms with Crippen LogP contribution < -0.4 is 0 Å². The smallest absolute Gasteiger partial charge is 0.00197 e. The first-order chi connectivity index (χ1) is 17.6. The molecule has 0 aromatic rings. The van der Waals surface area contributed by atoms with Gasteiger partial charge in [-0.2, -0.15) is 12.6 Å². The summed E-state index contributed by atoms with van der Waals surface area (Å²) in [5.41, 5.74) is 0. The largest absolute Gasteiger partial charge is 0.176 e. The first kappa shape index (κ1) is 26.3. The molecular weight excluding hydrogens is 452 g/mol. The van der Waals surface area contributed by atoms with Gasteiger partial charge in [0.2, 0.25) is 0 Å². The Bertz CT molecular complexity index is 727. The standard InChI is InChI=1S/C35H58S/c1-23-9-8-12-28(23)21-24(2)34-30-13-6-7-14-31(30)35(33-22-29(36)19-20-32(33)34)27-17-15-26(16-18-27)25-10-4-3-5-11-25/h6-7,23-36H,3-5,8-22H2,1-2H3. The lowest BCUT2D eigenvalue weighted by molar-refractivity contribution is -0.0958. The Kier molecular flexibility index (Phi) is 8.54. The third-order valence-electron chi connectivity index (χ3n) is 13.5. The molecule has 6 aliphatic rings. The molecule has 1 heteroatoms. The number of allylic oxidation sites excluding steroid dienone is 2. The van der Waals surface area contributed by atoms with E-state index in [9.17, 15) is 0 Å². The summed E-state index contributed by atoms with van der Waals surface area (Å²) in [6, 6.07) is 0. The average molecular weight is 511 g/mol. The normalized spacial score (nSPS) is 48.8. The molecule has 6 aliphatic carbocycles. The van der Waals surface area contributed by atoms with Crippen molar-refractivity contribution in [3.63, 3.8) is 0 Å². The lowest BCUT2D eigenvalue weighted by Crippen LogP contribution is -2.53. The van der Waals surface area contributed by atoms with Crippen molar-refractivity contribution in [2.24, 2.45) is 71.0 Å². The van der Waals surface area contributed by atoms with Crippen molar-refractivity contribution in [3.05, 3.63) is 12.2 Å². The van der Waals surface area contributed by atoms with Gasteiger partial charge in [0.05, 0.1) is 0 Å². The zero-order valence-electron chi connectivity index (χ0n) is 23.8. The number of rotatable bonds is 5. The fourth-order valence-electron chi connectivity index (χ4n) is 11.9. The summed E-state index contributed by atoms with van der Waals surface area (Å²) in [6.07, 6.45) is 32.4. The van der Waals surface area contributed by atoms with Crippen LogP contribution >= 0.6 is 12.6 Å². The zero-order chi connectivity index (χ0) is 24.6. The maximum Gasteiger partial charge on any atom is 0.00197 e. The number of thiol groups is 1. The molecular formula is C35H58S. The van der Waals surface area contributed by atoms with Crippen LogP contribution in [0, 0.1) is 71.0 Å². The molecule has 10 unspecified atom stereocenters. The van der Waals surface area contributed by atoms with E-state index in [-0.39, 0.29) is 0 Å². The molecule has 0 bridgehead atoms. The van der Waals surface area contributed by atoms with Crippen LogP contribution in [0.5, 0.6) is 0 Å². The molecule has 0 aromatic heterocycles. The Labute approximate surface area is 230 Å². The van der Waals surface area contributed by atoms with E-state index in [1.807, 2.05) is 0 Å². The molecule has 10 atom stereocenters. The second-order valence-corrected chi connectivity index (χ2v) is 15.9. The van der Waals surface area contributed by atoms with Gasteiger partial charge in [0.25, 0.3) is 0 Å². The molecule has 0 aliphatic heterocycles. The highest BCUT2D eigenvalue weighted by Crippen LogP contribution is 2.61. The van der Waals surface area contributed by atoms with Gasteiger partial charge in [0.1, 0.15) is 0 Å². The number of hydrogen-bond donors (Lipinski definition) is 1. The van der Waals surface area contributed by atoms with Gasteiger partial charge < -0.3 is 0 Å². The van der Waals surface area contributed by atoms with Crippen molar-refractivity contribution in [1.82, 2.24) is 0 Å². The highest BCUT2D eigenvalue weighted by atomic mass is 32.1. The lowest BCUT2D eigenvalue weighted by atomic mass is 9.46. The van der Waals surface area contributed by atoms with E-state index in [1.165, 1.54) is 77.0 Å². The first-order valence-corrected chi connectivity index (χ1v) is 17.4. The molecule has 0 spiro atoms. The topological polar surface area (TPSA) is 0 Å². The Morgan fingerprint density at radius 1 is 0.667 bits per heavy atom. The van der Waals surface area contributed by atoms with E-state index in [4.69, 9.17) is 12.6 Å². The maximum absolute atomic E-state index is 5.16. The molecule has 0 aromatic carbocycles. The van der Waals surface area contributed by atoms with E-state index < -0.39 is 0 Å². The van der Waals surface area contributed by atoms with E-state index in [2.05, 4.69) is 26.0 Å². The molecule has 6 rings (SSSR count). The lowest BCUT2D eigenvalue weighted by Gasteiger charge is -2.60. The molecule has 0 N–H and O–H groups in total. The molecule has 5 fully saturated rings. The minimum atomic E-state index is 0.675. The van der Waals surface area contributed by atoms with Crippen molar-refractivity contribution in [2.75, 3.05) is 0 Å². The predicted octanol–water partition coefficient (Wildman–Crippen LogP) is 10.4. The van der Waals surface area contributed by atoms with E-state index in [0.717, 1.165) is 71.0 Å². The van der Waals surface area contributed by atoms with Crippen LogP contribution in [0.1, 0.15) is 129 Å². The maximum atomic E-state index is 5.16. The second kappa shape index (κ2) is 11.7. The van der Waals surface area contributed by atoms with E-state index in [0.29, 0.717) is 5.25 Å². The van der Waals surface area contributed by atoms with Crippen LogP contribution in [0.2, 0.25) is 0 Å².